The smallest absolute Gasteiger partial charge is 0.264 e. The van der Waals surface area contributed by atoms with Gasteiger partial charge < -0.3 is 10.1 Å². The molecule has 0 saturated carbocycles. The van der Waals surface area contributed by atoms with Gasteiger partial charge in [-0.15, -0.1) is 0 Å². The number of nitrogens with zero attached hydrogens (tertiary/aromatic N) is 1. The number of nitrogens with one attached hydrogen (secondary N) is 1. The van der Waals surface area contributed by atoms with Gasteiger partial charge in [0, 0.05) is 10.0 Å². The Labute approximate surface area is 216 Å². The van der Waals surface area contributed by atoms with Crippen molar-refractivity contribution in [2.75, 3.05) is 18.0 Å². The van der Waals surface area contributed by atoms with Crippen LogP contribution < -0.4 is 14.4 Å². The maximum Gasteiger partial charge on any atom is 0.264 e. The minimum Gasteiger partial charge on any atom is -0.497 e. The van der Waals surface area contributed by atoms with Crippen LogP contribution >= 0.6 is 23.2 Å². The lowest BCUT2D eigenvalue weighted by molar-refractivity contribution is -0.120. The Morgan fingerprint density at radius 2 is 1.63 bits per heavy atom. The Morgan fingerprint density at radius 3 is 2.20 bits per heavy atom. The van der Waals surface area contributed by atoms with Crippen molar-refractivity contribution in [1.82, 2.24) is 5.32 Å². The van der Waals surface area contributed by atoms with Crippen molar-refractivity contribution in [3.8, 4) is 5.75 Å². The molecule has 0 aliphatic rings. The Bertz CT molecular complexity index is 1250. The molecule has 3 rings (SSSR count). The van der Waals surface area contributed by atoms with Gasteiger partial charge in [-0.2, -0.15) is 0 Å². The van der Waals surface area contributed by atoms with Gasteiger partial charge >= 0.3 is 0 Å². The molecule has 3 aromatic carbocycles. The van der Waals surface area contributed by atoms with Crippen LogP contribution in [0.25, 0.3) is 0 Å². The third-order valence-corrected chi connectivity index (χ3v) is 7.62. The van der Waals surface area contributed by atoms with Gasteiger partial charge in [-0.25, -0.2) is 8.42 Å². The van der Waals surface area contributed by atoms with E-state index < -0.39 is 22.5 Å². The van der Waals surface area contributed by atoms with Gasteiger partial charge in [0.05, 0.1) is 23.7 Å². The molecule has 9 heteroatoms. The highest BCUT2D eigenvalue weighted by Gasteiger charge is 2.28. The van der Waals surface area contributed by atoms with Crippen LogP contribution in [0.1, 0.15) is 31.9 Å². The molecule has 1 unspecified atom stereocenters. The van der Waals surface area contributed by atoms with Gasteiger partial charge in [0.2, 0.25) is 5.91 Å². The molecule has 1 N–H and O–H groups in total. The second-order valence-electron chi connectivity index (χ2n) is 8.47. The van der Waals surface area contributed by atoms with E-state index in [4.69, 9.17) is 27.9 Å². The van der Waals surface area contributed by atoms with Crippen LogP contribution in [0.5, 0.6) is 5.75 Å². The van der Waals surface area contributed by atoms with Crippen LogP contribution in [0.3, 0.4) is 0 Å². The van der Waals surface area contributed by atoms with Crippen LogP contribution in [-0.2, 0) is 14.8 Å². The Balaban J connectivity index is 1.92. The van der Waals surface area contributed by atoms with Gasteiger partial charge in [-0.05, 0) is 72.5 Å². The van der Waals surface area contributed by atoms with E-state index in [1.165, 1.54) is 30.3 Å². The van der Waals surface area contributed by atoms with Crippen molar-refractivity contribution >= 4 is 44.8 Å². The summed E-state index contributed by atoms with van der Waals surface area (Å²) in [4.78, 5) is 13.3. The summed E-state index contributed by atoms with van der Waals surface area (Å²) >= 11 is 12.1. The van der Waals surface area contributed by atoms with E-state index in [1.807, 2.05) is 24.3 Å². The number of halogens is 2. The molecule has 6 nitrogen and oxygen atoms in total. The molecule has 0 radical (unpaired) electrons. The molecule has 0 spiro atoms. The molecule has 0 heterocycles. The number of anilines is 1. The standard InChI is InChI=1S/C26H28Cl2N2O4S/c1-18(2)15-25(19-7-11-23(34-3)12-8-19)29-26(31)17-30(22-6-4-5-21(28)16-22)35(32,33)24-13-9-20(27)10-14-24/h4-14,16,18,25H,15,17H2,1-3H3,(H,29,31). The molecule has 1 amide bonds. The molecular formula is C26H28Cl2N2O4S. The van der Waals surface area contributed by atoms with Gasteiger partial charge in [0.15, 0.2) is 0 Å². The van der Waals surface area contributed by atoms with Crippen molar-refractivity contribution < 1.29 is 17.9 Å². The third kappa shape index (κ3) is 7.13. The van der Waals surface area contributed by atoms with Crippen LogP contribution in [0.2, 0.25) is 10.0 Å². The Morgan fingerprint density at radius 1 is 0.971 bits per heavy atom. The number of benzene rings is 3. The van der Waals surface area contributed by atoms with Crippen molar-refractivity contribution in [3.63, 3.8) is 0 Å². The average Bonchev–Trinajstić information content (AvgIpc) is 2.82. The van der Waals surface area contributed by atoms with Gasteiger partial charge in [0.25, 0.3) is 10.0 Å². The third-order valence-electron chi connectivity index (χ3n) is 5.35. The first-order valence-corrected chi connectivity index (χ1v) is 13.3. The lowest BCUT2D eigenvalue weighted by Gasteiger charge is -2.27. The largest absolute Gasteiger partial charge is 0.497 e. The average molecular weight is 535 g/mol. The van der Waals surface area contributed by atoms with Crippen LogP contribution in [-0.4, -0.2) is 28.0 Å². The summed E-state index contributed by atoms with van der Waals surface area (Å²) in [5, 5.41) is 3.78. The van der Waals surface area contributed by atoms with Crippen molar-refractivity contribution in [2.45, 2.75) is 31.2 Å². The van der Waals surface area contributed by atoms with Crippen LogP contribution in [0.4, 0.5) is 5.69 Å². The summed E-state index contributed by atoms with van der Waals surface area (Å²) < 4.78 is 33.4. The van der Waals surface area contributed by atoms with Gasteiger partial charge in [-0.1, -0.05) is 55.2 Å². The maximum atomic E-state index is 13.5. The highest BCUT2D eigenvalue weighted by Crippen LogP contribution is 2.28. The van der Waals surface area contributed by atoms with Crippen molar-refractivity contribution in [1.29, 1.82) is 0 Å². The maximum absolute atomic E-state index is 13.5. The summed E-state index contributed by atoms with van der Waals surface area (Å²) in [7, 11) is -2.49. The molecule has 3 aromatic rings. The second-order valence-corrected chi connectivity index (χ2v) is 11.2. The van der Waals surface area contributed by atoms with Crippen molar-refractivity contribution in [2.24, 2.45) is 5.92 Å². The molecule has 0 aromatic heterocycles. The van der Waals surface area contributed by atoms with E-state index in [2.05, 4.69) is 19.2 Å². The number of rotatable bonds is 10. The number of sulfonamides is 1. The highest BCUT2D eigenvalue weighted by molar-refractivity contribution is 7.92. The molecule has 0 aliphatic carbocycles. The van der Waals surface area contributed by atoms with E-state index in [-0.39, 0.29) is 16.6 Å². The molecule has 0 fully saturated rings. The molecule has 0 saturated heterocycles. The summed E-state index contributed by atoms with van der Waals surface area (Å²) in [6.07, 6.45) is 0.680. The number of ether oxygens (including phenoxy) is 1. The highest BCUT2D eigenvalue weighted by atomic mass is 35.5. The summed E-state index contributed by atoms with van der Waals surface area (Å²) in [5.74, 6) is 0.567. The molecule has 35 heavy (non-hydrogen) atoms. The van der Waals surface area contributed by atoms with Gasteiger partial charge in [-0.3, -0.25) is 9.10 Å². The quantitative estimate of drug-likeness (QED) is 0.340. The molecule has 1 atom stereocenters. The zero-order valence-corrected chi connectivity index (χ0v) is 22.1. The minimum atomic E-state index is -4.08. The number of methoxy groups -OCH3 is 1. The van der Waals surface area contributed by atoms with Gasteiger partial charge in [0.1, 0.15) is 12.3 Å². The first-order chi connectivity index (χ1) is 16.6. The summed E-state index contributed by atoms with van der Waals surface area (Å²) in [6.45, 7) is 3.70. The lowest BCUT2D eigenvalue weighted by atomic mass is 9.97. The van der Waals surface area contributed by atoms with Crippen LogP contribution in [0.15, 0.2) is 77.7 Å². The first kappa shape index (κ1) is 26.9. The lowest BCUT2D eigenvalue weighted by Crippen LogP contribution is -2.42. The predicted molar refractivity (Wildman–Crippen MR) is 141 cm³/mol. The SMILES string of the molecule is COc1ccc(C(CC(C)C)NC(=O)CN(c2cccc(Cl)c2)S(=O)(=O)c2ccc(Cl)cc2)cc1. The van der Waals surface area contributed by atoms with E-state index in [1.54, 1.807) is 25.3 Å². The number of hydrogen-bond acceptors (Lipinski definition) is 4. The molecule has 0 aliphatic heterocycles. The monoisotopic (exact) mass is 534 g/mol. The zero-order chi connectivity index (χ0) is 25.6. The number of carbonyl (C=O) groups is 1. The summed E-state index contributed by atoms with van der Waals surface area (Å²) in [6, 6.07) is 19.3. The molecular weight excluding hydrogens is 507 g/mol. The molecule has 0 bridgehead atoms. The minimum absolute atomic E-state index is 0.0172. The second kappa shape index (κ2) is 11.8. The normalized spacial score (nSPS) is 12.3. The number of carbonyl (C=O) groups excluding carboxylic acids is 1. The Kier molecular flexibility index (Phi) is 9.05. The van der Waals surface area contributed by atoms with Crippen LogP contribution in [0, 0.1) is 5.92 Å². The summed E-state index contributed by atoms with van der Waals surface area (Å²) in [5.41, 5.74) is 1.19. The van der Waals surface area contributed by atoms with E-state index in [0.717, 1.165) is 9.87 Å². The Hall–Kier alpha value is -2.74. The fraction of sp³-hybridized carbons (Fsp3) is 0.269. The van der Waals surface area contributed by atoms with E-state index >= 15 is 0 Å². The van der Waals surface area contributed by atoms with E-state index in [0.29, 0.717) is 28.1 Å². The topological polar surface area (TPSA) is 75.7 Å². The fourth-order valence-electron chi connectivity index (χ4n) is 3.64. The van der Waals surface area contributed by atoms with Crippen molar-refractivity contribution in [3.05, 3.63) is 88.4 Å². The first-order valence-electron chi connectivity index (χ1n) is 11.1. The number of hydrogen-bond donors (Lipinski definition) is 1. The zero-order valence-electron chi connectivity index (χ0n) is 19.7. The number of amides is 1. The molecule has 186 valence electrons. The van der Waals surface area contributed by atoms with E-state index in [9.17, 15) is 13.2 Å². The predicted octanol–water partition coefficient (Wildman–Crippen LogP) is 6.10. The fourth-order valence-corrected chi connectivity index (χ4v) is 5.36.